The van der Waals surface area contributed by atoms with Crippen molar-refractivity contribution in [1.82, 2.24) is 5.32 Å². The lowest BCUT2D eigenvalue weighted by Gasteiger charge is -2.14. The van der Waals surface area contributed by atoms with E-state index < -0.39 is 11.9 Å². The molecular weight excluding hydrogens is 370 g/mol. The van der Waals surface area contributed by atoms with Crippen molar-refractivity contribution < 1.29 is 23.8 Å². The molecule has 1 aliphatic heterocycles. The molecule has 0 unspecified atom stereocenters. The standard InChI is InChI=1S/C20H18ClNO5/c1-13(15-6-8-17-18(10-15)27-12-26-17)22-19(23)11-25-20(24)9-7-14-4-2-3-5-16(14)21/h2-10,13H,11-12H2,1H3,(H,22,23)/b9-7+/t13-/m1/s1. The molecule has 3 rings (SSSR count). The Balaban J connectivity index is 1.47. The smallest absolute Gasteiger partial charge is 0.331 e. The molecule has 0 bridgehead atoms. The number of benzene rings is 2. The Morgan fingerprint density at radius 1 is 1.22 bits per heavy atom. The highest BCUT2D eigenvalue weighted by molar-refractivity contribution is 6.32. The van der Waals surface area contributed by atoms with Crippen LogP contribution in [0.5, 0.6) is 11.5 Å². The molecule has 27 heavy (non-hydrogen) atoms. The molecule has 0 saturated carbocycles. The van der Waals surface area contributed by atoms with Gasteiger partial charge in [-0.25, -0.2) is 4.79 Å². The molecule has 2 aromatic rings. The molecule has 1 atom stereocenters. The third-order valence-electron chi connectivity index (χ3n) is 3.92. The second kappa shape index (κ2) is 8.60. The average Bonchev–Trinajstić information content (AvgIpc) is 3.13. The van der Waals surface area contributed by atoms with Gasteiger partial charge in [-0.3, -0.25) is 4.79 Å². The van der Waals surface area contributed by atoms with Crippen LogP contribution in [0.4, 0.5) is 0 Å². The highest BCUT2D eigenvalue weighted by atomic mass is 35.5. The zero-order chi connectivity index (χ0) is 19.2. The summed E-state index contributed by atoms with van der Waals surface area (Å²) < 4.78 is 15.5. The first-order valence-electron chi connectivity index (χ1n) is 8.31. The summed E-state index contributed by atoms with van der Waals surface area (Å²) in [5.41, 5.74) is 1.55. The molecule has 1 aliphatic rings. The largest absolute Gasteiger partial charge is 0.454 e. The average molecular weight is 388 g/mol. The number of carbonyl (C=O) groups is 2. The summed E-state index contributed by atoms with van der Waals surface area (Å²) in [5, 5.41) is 3.29. The third-order valence-corrected chi connectivity index (χ3v) is 4.27. The van der Waals surface area contributed by atoms with Gasteiger partial charge in [0, 0.05) is 11.1 Å². The second-order valence-electron chi connectivity index (χ2n) is 5.86. The Hall–Kier alpha value is -2.99. The Morgan fingerprint density at radius 2 is 2.00 bits per heavy atom. The molecule has 1 N–H and O–H groups in total. The van der Waals surface area contributed by atoms with E-state index in [1.165, 1.54) is 12.2 Å². The van der Waals surface area contributed by atoms with Gasteiger partial charge >= 0.3 is 5.97 Å². The summed E-state index contributed by atoms with van der Waals surface area (Å²) in [7, 11) is 0. The first-order chi connectivity index (χ1) is 13.0. The van der Waals surface area contributed by atoms with Crippen LogP contribution >= 0.6 is 11.6 Å². The van der Waals surface area contributed by atoms with Crippen LogP contribution in [0, 0.1) is 0 Å². The van der Waals surface area contributed by atoms with E-state index in [-0.39, 0.29) is 19.4 Å². The predicted molar refractivity (Wildman–Crippen MR) is 101 cm³/mol. The highest BCUT2D eigenvalue weighted by Crippen LogP contribution is 2.34. The van der Waals surface area contributed by atoms with Crippen LogP contribution in [0.3, 0.4) is 0 Å². The molecule has 7 heteroatoms. The van der Waals surface area contributed by atoms with E-state index in [1.807, 2.05) is 25.1 Å². The molecular formula is C20H18ClNO5. The normalized spacial score (nSPS) is 13.4. The first kappa shape index (κ1) is 18.8. The van der Waals surface area contributed by atoms with Crippen LogP contribution in [0.15, 0.2) is 48.5 Å². The molecule has 0 fully saturated rings. The summed E-state index contributed by atoms with van der Waals surface area (Å²) in [5.74, 6) is 0.293. The van der Waals surface area contributed by atoms with E-state index in [9.17, 15) is 9.59 Å². The summed E-state index contributed by atoms with van der Waals surface area (Å²) in [6.07, 6.45) is 2.77. The molecule has 1 heterocycles. The Labute approximate surface area is 161 Å². The number of amides is 1. The van der Waals surface area contributed by atoms with E-state index in [0.717, 1.165) is 5.56 Å². The quantitative estimate of drug-likeness (QED) is 0.606. The summed E-state index contributed by atoms with van der Waals surface area (Å²) in [6.45, 7) is 1.65. The van der Waals surface area contributed by atoms with E-state index >= 15 is 0 Å². The molecule has 0 aliphatic carbocycles. The van der Waals surface area contributed by atoms with Gasteiger partial charge in [0.25, 0.3) is 5.91 Å². The van der Waals surface area contributed by atoms with Crippen molar-refractivity contribution in [3.63, 3.8) is 0 Å². The molecule has 0 spiro atoms. The van der Waals surface area contributed by atoms with Gasteiger partial charge in [0.2, 0.25) is 6.79 Å². The SMILES string of the molecule is C[C@@H](NC(=O)COC(=O)/C=C/c1ccccc1Cl)c1ccc2c(c1)OCO2. The number of nitrogens with one attached hydrogen (secondary N) is 1. The number of fused-ring (bicyclic) bond motifs is 1. The van der Waals surface area contributed by atoms with Gasteiger partial charge in [0.1, 0.15) is 0 Å². The molecule has 0 radical (unpaired) electrons. The topological polar surface area (TPSA) is 73.9 Å². The maximum atomic E-state index is 12.0. The summed E-state index contributed by atoms with van der Waals surface area (Å²) in [6, 6.07) is 12.3. The maximum Gasteiger partial charge on any atom is 0.331 e. The zero-order valence-electron chi connectivity index (χ0n) is 14.6. The van der Waals surface area contributed by atoms with E-state index in [1.54, 1.807) is 24.3 Å². The van der Waals surface area contributed by atoms with Gasteiger partial charge in [-0.1, -0.05) is 35.9 Å². The Kier molecular flexibility index (Phi) is 5.98. The fraction of sp³-hybridized carbons (Fsp3) is 0.200. The number of ether oxygens (including phenoxy) is 3. The van der Waals surface area contributed by atoms with Gasteiger partial charge in [-0.2, -0.15) is 0 Å². The van der Waals surface area contributed by atoms with Gasteiger partial charge in [0.15, 0.2) is 18.1 Å². The van der Waals surface area contributed by atoms with E-state index in [4.69, 9.17) is 25.8 Å². The molecule has 140 valence electrons. The second-order valence-corrected chi connectivity index (χ2v) is 6.27. The van der Waals surface area contributed by atoms with Crippen LogP contribution < -0.4 is 14.8 Å². The number of esters is 1. The van der Waals surface area contributed by atoms with Crippen molar-refractivity contribution >= 4 is 29.6 Å². The lowest BCUT2D eigenvalue weighted by molar-refractivity contribution is -0.144. The van der Waals surface area contributed by atoms with Crippen LogP contribution in [0.25, 0.3) is 6.08 Å². The predicted octanol–water partition coefficient (Wildman–Crippen LogP) is 3.50. The van der Waals surface area contributed by atoms with Gasteiger partial charge in [-0.05, 0) is 42.3 Å². The van der Waals surface area contributed by atoms with Crippen molar-refractivity contribution in [1.29, 1.82) is 0 Å². The number of hydrogen-bond donors (Lipinski definition) is 1. The minimum atomic E-state index is -0.624. The van der Waals surface area contributed by atoms with Crippen molar-refractivity contribution in [3.05, 3.63) is 64.7 Å². The lowest BCUT2D eigenvalue weighted by Crippen LogP contribution is -2.30. The fourth-order valence-electron chi connectivity index (χ4n) is 2.50. The molecule has 1 amide bonds. The van der Waals surface area contributed by atoms with Gasteiger partial charge < -0.3 is 19.5 Å². The van der Waals surface area contributed by atoms with Gasteiger partial charge in [0.05, 0.1) is 6.04 Å². The first-order valence-corrected chi connectivity index (χ1v) is 8.69. The molecule has 0 aromatic heterocycles. The maximum absolute atomic E-state index is 12.0. The van der Waals surface area contributed by atoms with Crippen LogP contribution in [0.1, 0.15) is 24.1 Å². The molecule has 0 saturated heterocycles. The van der Waals surface area contributed by atoms with E-state index in [0.29, 0.717) is 22.1 Å². The Bertz CT molecular complexity index is 880. The monoisotopic (exact) mass is 387 g/mol. The minimum absolute atomic E-state index is 0.192. The number of carbonyl (C=O) groups excluding carboxylic acids is 2. The van der Waals surface area contributed by atoms with Crippen LogP contribution in [0.2, 0.25) is 5.02 Å². The summed E-state index contributed by atoms with van der Waals surface area (Å²) >= 11 is 6.00. The van der Waals surface area contributed by atoms with Crippen molar-refractivity contribution in [2.75, 3.05) is 13.4 Å². The van der Waals surface area contributed by atoms with Gasteiger partial charge in [-0.15, -0.1) is 0 Å². The zero-order valence-corrected chi connectivity index (χ0v) is 15.4. The van der Waals surface area contributed by atoms with Crippen LogP contribution in [-0.4, -0.2) is 25.3 Å². The van der Waals surface area contributed by atoms with Crippen LogP contribution in [-0.2, 0) is 14.3 Å². The van der Waals surface area contributed by atoms with Crippen molar-refractivity contribution in [2.45, 2.75) is 13.0 Å². The van der Waals surface area contributed by atoms with Crippen molar-refractivity contribution in [3.8, 4) is 11.5 Å². The van der Waals surface area contributed by atoms with Crippen molar-refractivity contribution in [2.24, 2.45) is 0 Å². The third kappa shape index (κ3) is 5.01. The highest BCUT2D eigenvalue weighted by Gasteiger charge is 2.17. The summed E-state index contributed by atoms with van der Waals surface area (Å²) in [4.78, 5) is 23.8. The molecule has 6 nitrogen and oxygen atoms in total. The number of halogens is 1. The Morgan fingerprint density at radius 3 is 2.81 bits per heavy atom. The lowest BCUT2D eigenvalue weighted by atomic mass is 10.1. The fourth-order valence-corrected chi connectivity index (χ4v) is 2.70. The molecule has 2 aromatic carbocycles. The van der Waals surface area contributed by atoms with E-state index in [2.05, 4.69) is 5.32 Å². The minimum Gasteiger partial charge on any atom is -0.454 e. The number of hydrogen-bond acceptors (Lipinski definition) is 5. The number of rotatable bonds is 6.